The Bertz CT molecular complexity index is 855. The second kappa shape index (κ2) is 6.89. The Kier molecular flexibility index (Phi) is 4.67. The standard InChI is InChI=1S/C19H20F3N3O3/c20-19(21,22)14-3-1-12(2-4-14)15(26)17(27)25-8-6-18(7-9-25)16-13(5-10-28-18)11-23-24-16/h1-4,11,15,26H,5-10H2,(H,23,24). The molecule has 4 rings (SSSR count). The molecule has 0 aliphatic carbocycles. The summed E-state index contributed by atoms with van der Waals surface area (Å²) in [6.45, 7) is 1.36. The zero-order chi connectivity index (χ0) is 19.9. The lowest BCUT2D eigenvalue weighted by Gasteiger charge is -2.43. The fourth-order valence-corrected chi connectivity index (χ4v) is 3.98. The van der Waals surface area contributed by atoms with Gasteiger partial charge < -0.3 is 14.7 Å². The summed E-state index contributed by atoms with van der Waals surface area (Å²) in [5.74, 6) is -0.518. The van der Waals surface area contributed by atoms with Crippen LogP contribution in [-0.2, 0) is 27.7 Å². The number of carbonyl (C=O) groups excluding carboxylic acids is 1. The number of aliphatic hydroxyl groups is 1. The summed E-state index contributed by atoms with van der Waals surface area (Å²) >= 11 is 0. The molecule has 0 radical (unpaired) electrons. The normalized spacial score (nSPS) is 20.1. The van der Waals surface area contributed by atoms with Crippen molar-refractivity contribution in [1.82, 2.24) is 15.1 Å². The molecule has 9 heteroatoms. The van der Waals surface area contributed by atoms with Gasteiger partial charge in [-0.2, -0.15) is 18.3 Å². The van der Waals surface area contributed by atoms with E-state index in [1.165, 1.54) is 4.90 Å². The molecule has 0 saturated carbocycles. The number of fused-ring (bicyclic) bond motifs is 2. The van der Waals surface area contributed by atoms with Crippen LogP contribution in [-0.4, -0.2) is 45.8 Å². The smallest absolute Gasteiger partial charge is 0.378 e. The minimum absolute atomic E-state index is 0.142. The van der Waals surface area contributed by atoms with Crippen LogP contribution in [0, 0.1) is 0 Å². The molecule has 1 unspecified atom stereocenters. The van der Waals surface area contributed by atoms with Gasteiger partial charge in [0.25, 0.3) is 5.91 Å². The summed E-state index contributed by atoms with van der Waals surface area (Å²) in [4.78, 5) is 14.2. The lowest BCUT2D eigenvalue weighted by Crippen LogP contribution is -2.49. The number of aromatic amines is 1. The van der Waals surface area contributed by atoms with Crippen molar-refractivity contribution < 1.29 is 27.8 Å². The van der Waals surface area contributed by atoms with E-state index in [2.05, 4.69) is 10.2 Å². The number of hydrogen-bond donors (Lipinski definition) is 2. The maximum Gasteiger partial charge on any atom is 0.416 e. The van der Waals surface area contributed by atoms with E-state index in [0.29, 0.717) is 32.5 Å². The predicted octanol–water partition coefficient (Wildman–Crippen LogP) is 2.55. The highest BCUT2D eigenvalue weighted by atomic mass is 19.4. The molecule has 1 amide bonds. The Balaban J connectivity index is 1.43. The van der Waals surface area contributed by atoms with Crippen LogP contribution in [0.3, 0.4) is 0 Å². The summed E-state index contributed by atoms with van der Waals surface area (Å²) in [5.41, 5.74) is 0.897. The molecule has 1 fully saturated rings. The van der Waals surface area contributed by atoms with Gasteiger partial charge in [-0.25, -0.2) is 0 Å². The second-order valence-electron chi connectivity index (χ2n) is 7.21. The first-order valence-electron chi connectivity index (χ1n) is 9.11. The predicted molar refractivity (Wildman–Crippen MR) is 92.1 cm³/mol. The van der Waals surface area contributed by atoms with E-state index in [4.69, 9.17) is 4.74 Å². The van der Waals surface area contributed by atoms with Crippen LogP contribution in [0.15, 0.2) is 30.5 Å². The first-order chi connectivity index (χ1) is 13.3. The van der Waals surface area contributed by atoms with E-state index in [9.17, 15) is 23.1 Å². The van der Waals surface area contributed by atoms with Gasteiger partial charge in [-0.05, 0) is 42.5 Å². The number of aromatic nitrogens is 2. The van der Waals surface area contributed by atoms with Gasteiger partial charge in [-0.15, -0.1) is 0 Å². The molecular weight excluding hydrogens is 375 g/mol. The third-order valence-corrected chi connectivity index (χ3v) is 5.59. The van der Waals surface area contributed by atoms with Gasteiger partial charge in [-0.3, -0.25) is 9.89 Å². The average Bonchev–Trinajstić information content (AvgIpc) is 3.17. The molecule has 150 valence electrons. The molecule has 28 heavy (non-hydrogen) atoms. The van der Waals surface area contributed by atoms with Crippen LogP contribution in [0.1, 0.15) is 41.3 Å². The van der Waals surface area contributed by atoms with Crippen molar-refractivity contribution in [3.63, 3.8) is 0 Å². The third kappa shape index (κ3) is 3.29. The summed E-state index contributed by atoms with van der Waals surface area (Å²) in [6, 6.07) is 4.01. The highest BCUT2D eigenvalue weighted by Crippen LogP contribution is 2.40. The third-order valence-electron chi connectivity index (χ3n) is 5.59. The molecule has 1 saturated heterocycles. The van der Waals surface area contributed by atoms with Crippen LogP contribution < -0.4 is 0 Å². The monoisotopic (exact) mass is 395 g/mol. The minimum atomic E-state index is -4.46. The number of aliphatic hydroxyl groups excluding tert-OH is 1. The molecule has 1 aromatic carbocycles. The maximum absolute atomic E-state index is 12.7. The molecule has 0 bridgehead atoms. The molecule has 2 aliphatic heterocycles. The number of piperidine rings is 1. The lowest BCUT2D eigenvalue weighted by atomic mass is 9.83. The summed E-state index contributed by atoms with van der Waals surface area (Å²) in [6.07, 6.45) is -2.23. The first-order valence-corrected chi connectivity index (χ1v) is 9.11. The number of halogens is 3. The van der Waals surface area contributed by atoms with E-state index in [-0.39, 0.29) is 5.56 Å². The number of ether oxygens (including phenoxy) is 1. The fourth-order valence-electron chi connectivity index (χ4n) is 3.98. The van der Waals surface area contributed by atoms with Crippen molar-refractivity contribution in [2.75, 3.05) is 19.7 Å². The highest BCUT2D eigenvalue weighted by molar-refractivity contribution is 5.82. The van der Waals surface area contributed by atoms with Gasteiger partial charge in [-0.1, -0.05) is 12.1 Å². The lowest BCUT2D eigenvalue weighted by molar-refractivity contribution is -0.149. The highest BCUT2D eigenvalue weighted by Gasteiger charge is 2.43. The summed E-state index contributed by atoms with van der Waals surface area (Å²) in [7, 11) is 0. The van der Waals surface area contributed by atoms with Crippen LogP contribution in [0.4, 0.5) is 13.2 Å². The topological polar surface area (TPSA) is 78.4 Å². The Labute approximate surface area is 159 Å². The van der Waals surface area contributed by atoms with Crippen LogP contribution in [0.2, 0.25) is 0 Å². The van der Waals surface area contributed by atoms with E-state index < -0.39 is 29.4 Å². The number of amides is 1. The number of carbonyl (C=O) groups is 1. The number of hydrogen-bond acceptors (Lipinski definition) is 4. The van der Waals surface area contributed by atoms with E-state index in [1.54, 1.807) is 6.20 Å². The zero-order valence-electron chi connectivity index (χ0n) is 15.0. The first kappa shape index (κ1) is 18.9. The number of likely N-dealkylation sites (tertiary alicyclic amines) is 1. The number of benzene rings is 1. The van der Waals surface area contributed by atoms with Crippen molar-refractivity contribution in [3.8, 4) is 0 Å². The number of nitrogens with one attached hydrogen (secondary N) is 1. The number of alkyl halides is 3. The largest absolute Gasteiger partial charge is 0.416 e. The van der Waals surface area contributed by atoms with E-state index in [0.717, 1.165) is 41.9 Å². The quantitative estimate of drug-likeness (QED) is 0.819. The van der Waals surface area contributed by atoms with Gasteiger partial charge in [0.1, 0.15) is 5.60 Å². The fraction of sp³-hybridized carbons (Fsp3) is 0.474. The van der Waals surface area contributed by atoms with Crippen LogP contribution in [0.25, 0.3) is 0 Å². The van der Waals surface area contributed by atoms with Gasteiger partial charge in [0, 0.05) is 13.1 Å². The molecule has 1 spiro atoms. The summed E-state index contributed by atoms with van der Waals surface area (Å²) < 4.78 is 44.0. The SMILES string of the molecule is O=C(C(O)c1ccc(C(F)(F)F)cc1)N1CCC2(CC1)OCCc1cn[nH]c12. The van der Waals surface area contributed by atoms with Gasteiger partial charge in [0.2, 0.25) is 0 Å². The Morgan fingerprint density at radius 3 is 2.57 bits per heavy atom. The molecule has 2 aromatic rings. The van der Waals surface area contributed by atoms with Crippen molar-refractivity contribution >= 4 is 5.91 Å². The Hall–Kier alpha value is -2.39. The number of nitrogens with zero attached hydrogens (tertiary/aromatic N) is 2. The molecule has 2 N–H and O–H groups in total. The van der Waals surface area contributed by atoms with Crippen molar-refractivity contribution in [1.29, 1.82) is 0 Å². The van der Waals surface area contributed by atoms with Gasteiger partial charge in [0.15, 0.2) is 6.10 Å². The maximum atomic E-state index is 12.7. The van der Waals surface area contributed by atoms with Crippen LogP contribution in [0.5, 0.6) is 0 Å². The van der Waals surface area contributed by atoms with E-state index >= 15 is 0 Å². The molecule has 6 nitrogen and oxygen atoms in total. The van der Waals surface area contributed by atoms with Crippen molar-refractivity contribution in [3.05, 3.63) is 52.8 Å². The molecule has 1 atom stereocenters. The molecule has 3 heterocycles. The van der Waals surface area contributed by atoms with Gasteiger partial charge >= 0.3 is 6.18 Å². The molecule has 2 aliphatic rings. The van der Waals surface area contributed by atoms with Gasteiger partial charge in [0.05, 0.1) is 24.1 Å². The summed E-state index contributed by atoms with van der Waals surface area (Å²) in [5, 5.41) is 17.4. The van der Waals surface area contributed by atoms with Crippen molar-refractivity contribution in [2.24, 2.45) is 0 Å². The van der Waals surface area contributed by atoms with Crippen molar-refractivity contribution in [2.45, 2.75) is 37.1 Å². The second-order valence-corrected chi connectivity index (χ2v) is 7.21. The zero-order valence-corrected chi connectivity index (χ0v) is 15.0. The average molecular weight is 395 g/mol. The number of H-pyrrole nitrogens is 1. The Morgan fingerprint density at radius 1 is 1.25 bits per heavy atom. The Morgan fingerprint density at radius 2 is 1.93 bits per heavy atom. The molecule has 1 aromatic heterocycles. The number of rotatable bonds is 2. The van der Waals surface area contributed by atoms with E-state index in [1.807, 2.05) is 0 Å². The van der Waals surface area contributed by atoms with Crippen LogP contribution >= 0.6 is 0 Å². The molecular formula is C19H20F3N3O3. The minimum Gasteiger partial charge on any atom is -0.378 e.